The van der Waals surface area contributed by atoms with Gasteiger partial charge >= 0.3 is 0 Å². The molecule has 2 aromatic carbocycles. The second-order valence-corrected chi connectivity index (χ2v) is 7.89. The fraction of sp³-hybridized carbons (Fsp3) is 0.364. The third-order valence-electron chi connectivity index (χ3n) is 4.50. The van der Waals surface area contributed by atoms with Crippen molar-refractivity contribution in [3.05, 3.63) is 34.4 Å². The summed E-state index contributed by atoms with van der Waals surface area (Å²) in [4.78, 5) is 12.0. The molecule has 0 radical (unpaired) electrons. The number of hydrogen-bond donors (Lipinski definition) is 6. The van der Waals surface area contributed by atoms with Crippen molar-refractivity contribution in [2.75, 3.05) is 41.3 Å². The van der Waals surface area contributed by atoms with E-state index in [-0.39, 0.29) is 35.7 Å². The van der Waals surface area contributed by atoms with E-state index in [2.05, 4.69) is 9.98 Å². The standard InChI is InChI=1S/C22H30N4O6/c1-25(2)11-15-7-13(17(27)21(31)19(15)29)9-23-5-6-24-10-14-8-16(12-26(3)4)20(30)22(32)18(14)28/h7-10,27-32H,5-6,11-12H2,1-4H3. The van der Waals surface area contributed by atoms with Crippen molar-refractivity contribution < 1.29 is 30.6 Å². The Morgan fingerprint density at radius 1 is 0.594 bits per heavy atom. The van der Waals surface area contributed by atoms with Crippen LogP contribution in [0.1, 0.15) is 22.3 Å². The third kappa shape index (κ3) is 6.02. The smallest absolute Gasteiger partial charge is 0.201 e. The van der Waals surface area contributed by atoms with Gasteiger partial charge in [0.05, 0.1) is 13.1 Å². The first-order chi connectivity index (χ1) is 15.0. The lowest BCUT2D eigenvalue weighted by Crippen LogP contribution is -2.11. The first-order valence-corrected chi connectivity index (χ1v) is 9.85. The molecule has 10 heteroatoms. The monoisotopic (exact) mass is 446 g/mol. The molecule has 10 nitrogen and oxygen atoms in total. The molecule has 32 heavy (non-hydrogen) atoms. The number of nitrogens with zero attached hydrogens (tertiary/aromatic N) is 4. The lowest BCUT2D eigenvalue weighted by molar-refractivity contribution is 0.350. The summed E-state index contributed by atoms with van der Waals surface area (Å²) >= 11 is 0. The zero-order valence-electron chi connectivity index (χ0n) is 18.6. The van der Waals surface area contributed by atoms with E-state index in [4.69, 9.17) is 0 Å². The van der Waals surface area contributed by atoms with E-state index in [1.54, 1.807) is 12.1 Å². The molecule has 0 saturated heterocycles. The average Bonchev–Trinajstić information content (AvgIpc) is 2.72. The molecule has 6 N–H and O–H groups in total. The fourth-order valence-electron chi connectivity index (χ4n) is 3.01. The summed E-state index contributed by atoms with van der Waals surface area (Å²) < 4.78 is 0. The van der Waals surface area contributed by atoms with E-state index < -0.39 is 23.0 Å². The van der Waals surface area contributed by atoms with Gasteiger partial charge in [-0.2, -0.15) is 0 Å². The van der Waals surface area contributed by atoms with Gasteiger partial charge in [0.1, 0.15) is 0 Å². The Labute approximate surface area is 186 Å². The maximum atomic E-state index is 10.0. The summed E-state index contributed by atoms with van der Waals surface area (Å²) in [6.45, 7) is 1.22. The average molecular weight is 447 g/mol. The van der Waals surface area contributed by atoms with Crippen molar-refractivity contribution in [3.63, 3.8) is 0 Å². The van der Waals surface area contributed by atoms with Gasteiger partial charge in [0.15, 0.2) is 23.0 Å². The van der Waals surface area contributed by atoms with Crippen LogP contribution in [0.5, 0.6) is 34.5 Å². The highest BCUT2D eigenvalue weighted by molar-refractivity contribution is 5.87. The van der Waals surface area contributed by atoms with Crippen LogP contribution < -0.4 is 0 Å². The molecule has 174 valence electrons. The van der Waals surface area contributed by atoms with Gasteiger partial charge in [-0.05, 0) is 40.3 Å². The number of rotatable bonds is 9. The van der Waals surface area contributed by atoms with Gasteiger partial charge in [0.2, 0.25) is 11.5 Å². The summed E-state index contributed by atoms with van der Waals surface area (Å²) in [7, 11) is 7.24. The number of phenolic OH excluding ortho intramolecular Hbond substituents is 6. The zero-order chi connectivity index (χ0) is 24.0. The molecule has 0 bridgehead atoms. The molecule has 0 aliphatic heterocycles. The van der Waals surface area contributed by atoms with Crippen molar-refractivity contribution >= 4 is 12.4 Å². The second-order valence-electron chi connectivity index (χ2n) is 7.89. The Bertz CT molecular complexity index is 937. The molecular weight excluding hydrogens is 416 g/mol. The molecule has 0 aliphatic rings. The minimum absolute atomic E-state index is 0.246. The van der Waals surface area contributed by atoms with Crippen LogP contribution in [-0.2, 0) is 13.1 Å². The Morgan fingerprint density at radius 3 is 1.25 bits per heavy atom. The van der Waals surface area contributed by atoms with E-state index in [1.165, 1.54) is 12.4 Å². The quantitative estimate of drug-likeness (QED) is 0.193. The van der Waals surface area contributed by atoms with Gasteiger partial charge < -0.3 is 40.4 Å². The van der Waals surface area contributed by atoms with Crippen LogP contribution >= 0.6 is 0 Å². The van der Waals surface area contributed by atoms with Crippen LogP contribution in [0.4, 0.5) is 0 Å². The van der Waals surface area contributed by atoms with Crippen molar-refractivity contribution in [2.45, 2.75) is 13.1 Å². The number of phenols is 6. The number of aliphatic imine (C=N–C) groups is 2. The van der Waals surface area contributed by atoms with Crippen LogP contribution in [-0.4, -0.2) is 94.1 Å². The van der Waals surface area contributed by atoms with Gasteiger partial charge in [-0.25, -0.2) is 0 Å². The first-order valence-electron chi connectivity index (χ1n) is 9.85. The van der Waals surface area contributed by atoms with Crippen molar-refractivity contribution in [3.8, 4) is 34.5 Å². The Hall–Kier alpha value is -3.50. The molecule has 2 aromatic rings. The molecule has 0 aromatic heterocycles. The lowest BCUT2D eigenvalue weighted by Gasteiger charge is -2.14. The summed E-state index contributed by atoms with van der Waals surface area (Å²) in [5.41, 5.74) is 1.41. The third-order valence-corrected chi connectivity index (χ3v) is 4.50. The minimum Gasteiger partial charge on any atom is -0.504 e. The molecular formula is C22H30N4O6. The maximum Gasteiger partial charge on any atom is 0.201 e. The highest BCUT2D eigenvalue weighted by Crippen LogP contribution is 2.41. The molecule has 0 saturated carbocycles. The van der Waals surface area contributed by atoms with E-state index >= 15 is 0 Å². The molecule has 0 aliphatic carbocycles. The molecule has 0 atom stereocenters. The second kappa shape index (κ2) is 10.7. The highest BCUT2D eigenvalue weighted by atomic mass is 16.3. The van der Waals surface area contributed by atoms with Crippen LogP contribution in [0.2, 0.25) is 0 Å². The summed E-state index contributed by atoms with van der Waals surface area (Å²) in [5.74, 6) is -2.86. The van der Waals surface area contributed by atoms with Crippen LogP contribution in [0, 0.1) is 0 Å². The van der Waals surface area contributed by atoms with Gasteiger partial charge in [0.25, 0.3) is 0 Å². The van der Waals surface area contributed by atoms with Crippen molar-refractivity contribution in [1.29, 1.82) is 0 Å². The van der Waals surface area contributed by atoms with E-state index in [1.807, 2.05) is 38.0 Å². The molecule has 0 unspecified atom stereocenters. The van der Waals surface area contributed by atoms with Gasteiger partial charge in [-0.3, -0.25) is 9.98 Å². The topological polar surface area (TPSA) is 153 Å². The van der Waals surface area contributed by atoms with Crippen molar-refractivity contribution in [1.82, 2.24) is 9.80 Å². The SMILES string of the molecule is CN(C)Cc1cc(C=NCCN=Cc2cc(CN(C)C)c(O)c(O)c2O)c(O)c(O)c1O. The molecule has 0 amide bonds. The predicted molar refractivity (Wildman–Crippen MR) is 123 cm³/mol. The largest absolute Gasteiger partial charge is 0.504 e. The van der Waals surface area contributed by atoms with E-state index in [0.29, 0.717) is 24.2 Å². The number of benzene rings is 2. The molecule has 0 heterocycles. The Morgan fingerprint density at radius 2 is 0.938 bits per heavy atom. The first kappa shape index (κ1) is 24.8. The van der Waals surface area contributed by atoms with Crippen LogP contribution in [0.3, 0.4) is 0 Å². The summed E-state index contributed by atoms with van der Waals surface area (Å²) in [6, 6.07) is 3.08. The normalized spacial score (nSPS) is 12.1. The van der Waals surface area contributed by atoms with Gasteiger partial charge in [-0.15, -0.1) is 0 Å². The van der Waals surface area contributed by atoms with E-state index in [9.17, 15) is 30.6 Å². The minimum atomic E-state index is -0.597. The number of hydrogen-bond acceptors (Lipinski definition) is 10. The van der Waals surface area contributed by atoms with Crippen LogP contribution in [0.15, 0.2) is 22.1 Å². The summed E-state index contributed by atoms with van der Waals surface area (Å²) in [6.07, 6.45) is 2.75. The van der Waals surface area contributed by atoms with Crippen molar-refractivity contribution in [2.24, 2.45) is 9.98 Å². The van der Waals surface area contributed by atoms with Gasteiger partial charge in [0, 0.05) is 47.8 Å². The lowest BCUT2D eigenvalue weighted by atomic mass is 10.1. The van der Waals surface area contributed by atoms with Crippen LogP contribution in [0.25, 0.3) is 0 Å². The Kier molecular flexibility index (Phi) is 8.27. The highest BCUT2D eigenvalue weighted by Gasteiger charge is 2.17. The molecule has 0 fully saturated rings. The van der Waals surface area contributed by atoms with Gasteiger partial charge in [-0.1, -0.05) is 0 Å². The Balaban J connectivity index is 2.09. The molecule has 0 spiro atoms. The summed E-state index contributed by atoms with van der Waals surface area (Å²) in [5, 5.41) is 59.9. The fourth-order valence-corrected chi connectivity index (χ4v) is 3.01. The molecule has 2 rings (SSSR count). The predicted octanol–water partition coefficient (Wildman–Crippen LogP) is 1.58. The zero-order valence-corrected chi connectivity index (χ0v) is 18.6. The maximum absolute atomic E-state index is 10.0. The number of aromatic hydroxyl groups is 6. The van der Waals surface area contributed by atoms with E-state index in [0.717, 1.165) is 0 Å².